The molecule has 0 saturated carbocycles. The first-order chi connectivity index (χ1) is 32.7. The van der Waals surface area contributed by atoms with E-state index >= 15 is 0 Å². The third-order valence-electron chi connectivity index (χ3n) is 12.9. The number of benzene rings is 10. The molecule has 5 heteroatoms. The quantitative estimate of drug-likeness (QED) is 0.161. The zero-order chi connectivity index (χ0) is 43.6. The fraction of sp³-hybridized carbons (Fsp3) is 0. The third kappa shape index (κ3) is 6.36. The number of hydrogen-bond acceptors (Lipinski definition) is 3. The molecule has 0 aliphatic heterocycles. The second kappa shape index (κ2) is 15.4. The number of fused-ring (bicyclic) bond motifs is 7. The summed E-state index contributed by atoms with van der Waals surface area (Å²) in [6, 6.07) is 84.3. The maximum Gasteiger partial charge on any atom is 0.238 e. The van der Waals surface area contributed by atoms with Crippen molar-refractivity contribution in [2.45, 2.75) is 0 Å². The molecule has 3 heterocycles. The summed E-state index contributed by atoms with van der Waals surface area (Å²) in [5, 5.41) is 7.01. The van der Waals surface area contributed by atoms with Gasteiger partial charge in [-0.1, -0.05) is 176 Å². The highest BCUT2D eigenvalue weighted by atomic mass is 15.2. The van der Waals surface area contributed by atoms with Crippen LogP contribution in [0.25, 0.3) is 122 Å². The molecule has 0 aliphatic carbocycles. The van der Waals surface area contributed by atoms with Crippen molar-refractivity contribution in [3.05, 3.63) is 237 Å². The van der Waals surface area contributed by atoms with E-state index in [-0.39, 0.29) is 0 Å². The van der Waals surface area contributed by atoms with Gasteiger partial charge in [0.15, 0.2) is 11.6 Å². The molecule has 10 aromatic carbocycles. The zero-order valence-electron chi connectivity index (χ0n) is 35.8. The molecule has 0 unspecified atom stereocenters. The van der Waals surface area contributed by atoms with Gasteiger partial charge in [-0.25, -0.2) is 4.98 Å². The first-order valence-electron chi connectivity index (χ1n) is 22.3. The second-order valence-electron chi connectivity index (χ2n) is 16.9. The predicted octanol–water partition coefficient (Wildman–Crippen LogP) is 15.6. The summed E-state index contributed by atoms with van der Waals surface area (Å²) in [5.41, 5.74) is 14.5. The average molecular weight is 842 g/mol. The summed E-state index contributed by atoms with van der Waals surface area (Å²) < 4.78 is 4.59. The minimum Gasteiger partial charge on any atom is -0.309 e. The number of rotatable bonds is 7. The Morgan fingerprint density at radius 2 is 0.712 bits per heavy atom. The standard InChI is InChI=1S/C61H39N5/c1-3-15-40(16-4-1)44-21-13-22-45(35-44)46-23-14-24-50(37-46)65-55-27-11-9-25-51(55)53-38-47(31-33-57(53)65)48-32-34-58-54(39-48)52-26-10-12-28-56(52)66(58)61-63-59(42-18-5-2-6-19-42)62-60(64-61)49-30-29-41-17-7-8-20-43(41)36-49/h1-39H. The monoisotopic (exact) mass is 841 g/mol. The molecular weight excluding hydrogens is 803 g/mol. The van der Waals surface area contributed by atoms with Crippen molar-refractivity contribution in [3.8, 4) is 67.8 Å². The first kappa shape index (κ1) is 37.6. The smallest absolute Gasteiger partial charge is 0.238 e. The van der Waals surface area contributed by atoms with Crippen molar-refractivity contribution < 1.29 is 0 Å². The van der Waals surface area contributed by atoms with E-state index in [2.05, 4.69) is 228 Å². The highest BCUT2D eigenvalue weighted by Crippen LogP contribution is 2.39. The lowest BCUT2D eigenvalue weighted by molar-refractivity contribution is 0.953. The van der Waals surface area contributed by atoms with E-state index in [4.69, 9.17) is 15.0 Å². The number of hydrogen-bond donors (Lipinski definition) is 0. The Kier molecular flexibility index (Phi) is 8.78. The Bertz CT molecular complexity index is 4000. The summed E-state index contributed by atoms with van der Waals surface area (Å²) in [4.78, 5) is 15.5. The zero-order valence-corrected chi connectivity index (χ0v) is 35.8. The average Bonchev–Trinajstić information content (AvgIpc) is 3.91. The molecule has 0 saturated heterocycles. The van der Waals surface area contributed by atoms with Crippen LogP contribution in [0.2, 0.25) is 0 Å². The maximum atomic E-state index is 5.23. The molecular formula is C61H39N5. The first-order valence-corrected chi connectivity index (χ1v) is 22.3. The van der Waals surface area contributed by atoms with Crippen LogP contribution in [0.4, 0.5) is 0 Å². The Labute approximate surface area is 381 Å². The Morgan fingerprint density at radius 3 is 1.41 bits per heavy atom. The van der Waals surface area contributed by atoms with Crippen molar-refractivity contribution in [3.63, 3.8) is 0 Å². The molecule has 0 amide bonds. The van der Waals surface area contributed by atoms with Crippen molar-refractivity contribution in [1.82, 2.24) is 24.1 Å². The predicted molar refractivity (Wildman–Crippen MR) is 273 cm³/mol. The largest absolute Gasteiger partial charge is 0.309 e. The summed E-state index contributed by atoms with van der Waals surface area (Å²) in [6.07, 6.45) is 0. The van der Waals surface area contributed by atoms with Gasteiger partial charge in [0.05, 0.1) is 22.1 Å². The van der Waals surface area contributed by atoms with Gasteiger partial charge >= 0.3 is 0 Å². The minimum absolute atomic E-state index is 0.577. The van der Waals surface area contributed by atoms with E-state index < -0.39 is 0 Å². The van der Waals surface area contributed by atoms with E-state index in [1.165, 1.54) is 49.4 Å². The van der Waals surface area contributed by atoms with Gasteiger partial charge in [-0.15, -0.1) is 0 Å². The van der Waals surface area contributed by atoms with Crippen molar-refractivity contribution in [1.29, 1.82) is 0 Å². The van der Waals surface area contributed by atoms with Gasteiger partial charge in [-0.2, -0.15) is 9.97 Å². The number of para-hydroxylation sites is 2. The van der Waals surface area contributed by atoms with Gasteiger partial charge in [0.25, 0.3) is 0 Å². The molecule has 308 valence electrons. The second-order valence-corrected chi connectivity index (χ2v) is 16.9. The normalized spacial score (nSPS) is 11.6. The summed E-state index contributed by atoms with van der Waals surface area (Å²) >= 11 is 0. The topological polar surface area (TPSA) is 48.5 Å². The van der Waals surface area contributed by atoms with Crippen LogP contribution in [0.5, 0.6) is 0 Å². The SMILES string of the molecule is c1ccc(-c2cccc(-c3cccc(-n4c5ccccc5c5cc(-c6ccc7c(c6)c6ccccc6n7-c6nc(-c7ccccc7)nc(-c7ccc8ccccc8c7)n6)ccc54)c3)c2)cc1. The van der Waals surface area contributed by atoms with Crippen LogP contribution in [-0.2, 0) is 0 Å². The summed E-state index contributed by atoms with van der Waals surface area (Å²) in [5.74, 6) is 1.83. The van der Waals surface area contributed by atoms with Crippen LogP contribution in [0, 0.1) is 0 Å². The van der Waals surface area contributed by atoms with Crippen LogP contribution < -0.4 is 0 Å². The van der Waals surface area contributed by atoms with Gasteiger partial charge in [0, 0.05) is 38.4 Å². The molecule has 0 atom stereocenters. The third-order valence-corrected chi connectivity index (χ3v) is 12.9. The van der Waals surface area contributed by atoms with Gasteiger partial charge < -0.3 is 4.57 Å². The van der Waals surface area contributed by atoms with Gasteiger partial charge in [0.2, 0.25) is 5.95 Å². The van der Waals surface area contributed by atoms with Crippen LogP contribution in [0.3, 0.4) is 0 Å². The van der Waals surface area contributed by atoms with E-state index in [0.29, 0.717) is 17.6 Å². The van der Waals surface area contributed by atoms with Crippen LogP contribution >= 0.6 is 0 Å². The van der Waals surface area contributed by atoms with Gasteiger partial charge in [0.1, 0.15) is 0 Å². The highest BCUT2D eigenvalue weighted by molar-refractivity contribution is 6.12. The molecule has 5 nitrogen and oxygen atoms in total. The molecule has 0 N–H and O–H groups in total. The van der Waals surface area contributed by atoms with Crippen molar-refractivity contribution in [2.24, 2.45) is 0 Å². The van der Waals surface area contributed by atoms with Crippen LogP contribution in [0.1, 0.15) is 0 Å². The van der Waals surface area contributed by atoms with E-state index in [1.807, 2.05) is 18.2 Å². The molecule has 66 heavy (non-hydrogen) atoms. The fourth-order valence-corrected chi connectivity index (χ4v) is 9.77. The van der Waals surface area contributed by atoms with E-state index in [1.54, 1.807) is 0 Å². The minimum atomic E-state index is 0.577. The molecule has 0 radical (unpaired) electrons. The Morgan fingerprint density at radius 1 is 0.242 bits per heavy atom. The van der Waals surface area contributed by atoms with Crippen LogP contribution in [0.15, 0.2) is 237 Å². The summed E-state index contributed by atoms with van der Waals surface area (Å²) in [6.45, 7) is 0. The maximum absolute atomic E-state index is 5.23. The van der Waals surface area contributed by atoms with E-state index in [9.17, 15) is 0 Å². The molecule has 0 aliphatic rings. The Balaban J connectivity index is 0.932. The lowest BCUT2D eigenvalue weighted by Gasteiger charge is -2.12. The summed E-state index contributed by atoms with van der Waals surface area (Å²) in [7, 11) is 0. The molecule has 13 aromatic rings. The number of aromatic nitrogens is 5. The molecule has 3 aromatic heterocycles. The fourth-order valence-electron chi connectivity index (χ4n) is 9.77. The molecule has 13 rings (SSSR count). The lowest BCUT2D eigenvalue weighted by atomic mass is 9.99. The van der Waals surface area contributed by atoms with Crippen molar-refractivity contribution >= 4 is 54.4 Å². The number of nitrogens with zero attached hydrogens (tertiary/aromatic N) is 5. The van der Waals surface area contributed by atoms with E-state index in [0.717, 1.165) is 55.1 Å². The molecule has 0 bridgehead atoms. The molecule has 0 spiro atoms. The van der Waals surface area contributed by atoms with Crippen molar-refractivity contribution in [2.75, 3.05) is 0 Å². The molecule has 0 fully saturated rings. The lowest BCUT2D eigenvalue weighted by Crippen LogP contribution is -2.06. The van der Waals surface area contributed by atoms with Gasteiger partial charge in [-0.3, -0.25) is 4.57 Å². The van der Waals surface area contributed by atoms with Crippen LogP contribution in [-0.4, -0.2) is 24.1 Å². The van der Waals surface area contributed by atoms with Gasteiger partial charge in [-0.05, 0) is 105 Å². The Hall–Kier alpha value is -8.93. The highest BCUT2D eigenvalue weighted by Gasteiger charge is 2.20.